The highest BCUT2D eigenvalue weighted by atomic mass is 19.1. The molecular formula is C17H18FN3O2. The van der Waals surface area contributed by atoms with Gasteiger partial charge in [0, 0.05) is 24.7 Å². The number of halogens is 1. The Morgan fingerprint density at radius 2 is 1.96 bits per heavy atom. The summed E-state index contributed by atoms with van der Waals surface area (Å²) < 4.78 is 18.8. The Kier molecular flexibility index (Phi) is 4.83. The van der Waals surface area contributed by atoms with E-state index in [1.165, 1.54) is 12.1 Å². The molecule has 0 aliphatic carbocycles. The number of hydrogen-bond acceptors (Lipinski definition) is 3. The van der Waals surface area contributed by atoms with E-state index in [1.54, 1.807) is 36.7 Å². The number of rotatable bonds is 4. The van der Waals surface area contributed by atoms with Crippen LogP contribution in [0.2, 0.25) is 0 Å². The highest BCUT2D eigenvalue weighted by molar-refractivity contribution is 5.89. The van der Waals surface area contributed by atoms with Crippen molar-refractivity contribution in [3.05, 3.63) is 60.2 Å². The molecule has 2 atom stereocenters. The van der Waals surface area contributed by atoms with Crippen LogP contribution in [0.3, 0.4) is 0 Å². The normalized spacial score (nSPS) is 18.4. The third kappa shape index (κ3) is 4.04. The van der Waals surface area contributed by atoms with Gasteiger partial charge < -0.3 is 15.4 Å². The van der Waals surface area contributed by atoms with E-state index in [-0.39, 0.29) is 24.0 Å². The van der Waals surface area contributed by atoms with Crippen molar-refractivity contribution in [2.75, 3.05) is 11.9 Å². The summed E-state index contributed by atoms with van der Waals surface area (Å²) in [7, 11) is 0. The third-order valence-electron chi connectivity index (χ3n) is 3.79. The molecule has 5 nitrogen and oxygen atoms in total. The zero-order chi connectivity index (χ0) is 16.1. The van der Waals surface area contributed by atoms with E-state index in [4.69, 9.17) is 4.74 Å². The Morgan fingerprint density at radius 1 is 1.22 bits per heavy atom. The molecule has 1 aliphatic rings. The zero-order valence-corrected chi connectivity index (χ0v) is 12.5. The van der Waals surface area contributed by atoms with Crippen molar-refractivity contribution in [1.82, 2.24) is 10.3 Å². The van der Waals surface area contributed by atoms with Crippen LogP contribution >= 0.6 is 0 Å². The Labute approximate surface area is 133 Å². The van der Waals surface area contributed by atoms with E-state index in [1.807, 2.05) is 0 Å². The molecule has 23 heavy (non-hydrogen) atoms. The Balaban J connectivity index is 1.73. The van der Waals surface area contributed by atoms with E-state index in [2.05, 4.69) is 15.6 Å². The third-order valence-corrected chi connectivity index (χ3v) is 3.79. The van der Waals surface area contributed by atoms with Crippen LogP contribution in [0.15, 0.2) is 48.8 Å². The predicted molar refractivity (Wildman–Crippen MR) is 84.5 cm³/mol. The number of carbonyl (C=O) groups is 1. The van der Waals surface area contributed by atoms with Crippen LogP contribution in [0.4, 0.5) is 14.9 Å². The number of nitrogens with zero attached hydrogens (tertiary/aromatic N) is 1. The average molecular weight is 315 g/mol. The lowest BCUT2D eigenvalue weighted by Crippen LogP contribution is -2.38. The molecule has 2 amide bonds. The number of hydrogen-bond donors (Lipinski definition) is 2. The number of amides is 2. The van der Waals surface area contributed by atoms with Gasteiger partial charge in [0.2, 0.25) is 0 Å². The molecule has 0 saturated carbocycles. The fourth-order valence-electron chi connectivity index (χ4n) is 2.67. The average Bonchev–Trinajstić information content (AvgIpc) is 3.09. The second kappa shape index (κ2) is 7.19. The smallest absolute Gasteiger partial charge is 0.319 e. The molecule has 120 valence electrons. The van der Waals surface area contributed by atoms with Crippen molar-refractivity contribution in [2.24, 2.45) is 0 Å². The quantitative estimate of drug-likeness (QED) is 0.910. The summed E-state index contributed by atoms with van der Waals surface area (Å²) in [5.74, 6) is -0.305. The van der Waals surface area contributed by atoms with Crippen molar-refractivity contribution in [2.45, 2.75) is 25.0 Å². The Morgan fingerprint density at radius 3 is 2.61 bits per heavy atom. The molecule has 6 heteroatoms. The Hall–Kier alpha value is -2.47. The second-order valence-electron chi connectivity index (χ2n) is 5.42. The fraction of sp³-hybridized carbons (Fsp3) is 0.294. The van der Waals surface area contributed by atoms with Crippen molar-refractivity contribution >= 4 is 11.7 Å². The molecule has 1 aromatic heterocycles. The van der Waals surface area contributed by atoms with Gasteiger partial charge in [0.15, 0.2) is 0 Å². The highest BCUT2D eigenvalue weighted by Crippen LogP contribution is 2.27. The lowest BCUT2D eigenvalue weighted by molar-refractivity contribution is 0.0815. The molecule has 2 unspecified atom stereocenters. The van der Waals surface area contributed by atoms with Crippen LogP contribution in [0, 0.1) is 5.82 Å². The van der Waals surface area contributed by atoms with Gasteiger partial charge in [-0.3, -0.25) is 4.98 Å². The first-order chi connectivity index (χ1) is 11.2. The summed E-state index contributed by atoms with van der Waals surface area (Å²) >= 11 is 0. The topological polar surface area (TPSA) is 63.2 Å². The molecule has 2 N–H and O–H groups in total. The molecule has 0 bridgehead atoms. The highest BCUT2D eigenvalue weighted by Gasteiger charge is 2.28. The minimum atomic E-state index is -0.332. The summed E-state index contributed by atoms with van der Waals surface area (Å²) in [4.78, 5) is 16.2. The number of benzene rings is 1. The van der Waals surface area contributed by atoms with Crippen LogP contribution in [0.5, 0.6) is 0 Å². The largest absolute Gasteiger partial charge is 0.376 e. The molecule has 0 spiro atoms. The molecule has 3 rings (SSSR count). The first kappa shape index (κ1) is 15.4. The summed E-state index contributed by atoms with van der Waals surface area (Å²) in [5.41, 5.74) is 1.48. The lowest BCUT2D eigenvalue weighted by Gasteiger charge is -2.25. The van der Waals surface area contributed by atoms with Gasteiger partial charge in [-0.1, -0.05) is 12.1 Å². The molecule has 1 aliphatic heterocycles. The maximum absolute atomic E-state index is 13.1. The molecule has 2 heterocycles. The van der Waals surface area contributed by atoms with Crippen LogP contribution < -0.4 is 10.6 Å². The van der Waals surface area contributed by atoms with Gasteiger partial charge in [0.1, 0.15) is 5.82 Å². The number of pyridine rings is 1. The summed E-state index contributed by atoms with van der Waals surface area (Å²) in [5, 5.41) is 5.68. The van der Waals surface area contributed by atoms with Gasteiger partial charge in [0.25, 0.3) is 0 Å². The van der Waals surface area contributed by atoms with E-state index in [0.717, 1.165) is 18.4 Å². The Bertz CT molecular complexity index is 643. The van der Waals surface area contributed by atoms with Crippen LogP contribution in [0.25, 0.3) is 0 Å². The van der Waals surface area contributed by atoms with E-state index in [9.17, 15) is 9.18 Å². The van der Waals surface area contributed by atoms with Crippen LogP contribution in [-0.2, 0) is 4.74 Å². The van der Waals surface area contributed by atoms with Crippen LogP contribution in [-0.4, -0.2) is 23.7 Å². The molecule has 1 aromatic carbocycles. The van der Waals surface area contributed by atoms with Crippen molar-refractivity contribution in [3.63, 3.8) is 0 Å². The summed E-state index contributed by atoms with van der Waals surface area (Å²) in [6.07, 6.45) is 4.91. The zero-order valence-electron chi connectivity index (χ0n) is 12.5. The van der Waals surface area contributed by atoms with Crippen molar-refractivity contribution in [3.8, 4) is 0 Å². The second-order valence-corrected chi connectivity index (χ2v) is 5.42. The monoisotopic (exact) mass is 315 g/mol. The number of urea groups is 1. The van der Waals surface area contributed by atoms with E-state index >= 15 is 0 Å². The standard InChI is InChI=1S/C17H18FN3O2/c18-13-5-3-12(4-6-13)16(15-2-1-11-23-15)21-17(22)20-14-7-9-19-10-8-14/h3-10,15-16H,1-2,11H2,(H2,19,20,21,22). The maximum Gasteiger partial charge on any atom is 0.319 e. The fourth-order valence-corrected chi connectivity index (χ4v) is 2.67. The number of nitrogens with one attached hydrogen (secondary N) is 2. The molecular weight excluding hydrogens is 297 g/mol. The van der Waals surface area contributed by atoms with Crippen molar-refractivity contribution in [1.29, 1.82) is 0 Å². The van der Waals surface area contributed by atoms with Gasteiger partial charge in [-0.25, -0.2) is 9.18 Å². The first-order valence-corrected chi connectivity index (χ1v) is 7.57. The van der Waals surface area contributed by atoms with Gasteiger partial charge in [-0.05, 0) is 42.7 Å². The molecule has 0 radical (unpaired) electrons. The van der Waals surface area contributed by atoms with Gasteiger partial charge in [-0.15, -0.1) is 0 Å². The van der Waals surface area contributed by atoms with E-state index in [0.29, 0.717) is 12.3 Å². The maximum atomic E-state index is 13.1. The number of aromatic nitrogens is 1. The van der Waals surface area contributed by atoms with Gasteiger partial charge in [-0.2, -0.15) is 0 Å². The van der Waals surface area contributed by atoms with Gasteiger partial charge >= 0.3 is 6.03 Å². The molecule has 2 aromatic rings. The molecule has 1 fully saturated rings. The number of carbonyl (C=O) groups excluding carboxylic acids is 1. The minimum Gasteiger partial charge on any atom is -0.376 e. The minimum absolute atomic E-state index is 0.108. The predicted octanol–water partition coefficient (Wildman–Crippen LogP) is 3.26. The summed E-state index contributed by atoms with van der Waals surface area (Å²) in [6.45, 7) is 0.677. The van der Waals surface area contributed by atoms with Crippen LogP contribution in [0.1, 0.15) is 24.4 Å². The van der Waals surface area contributed by atoms with Crippen molar-refractivity contribution < 1.29 is 13.9 Å². The van der Waals surface area contributed by atoms with E-state index < -0.39 is 0 Å². The molecule has 1 saturated heterocycles. The lowest BCUT2D eigenvalue weighted by atomic mass is 9.99. The number of ether oxygens (including phenoxy) is 1. The summed E-state index contributed by atoms with van der Waals surface area (Å²) in [6, 6.07) is 8.89. The SMILES string of the molecule is O=C(Nc1ccncc1)NC(c1ccc(F)cc1)C1CCCO1. The first-order valence-electron chi connectivity index (χ1n) is 7.57. The number of anilines is 1. The van der Waals surface area contributed by atoms with Gasteiger partial charge in [0.05, 0.1) is 12.1 Å².